The summed E-state index contributed by atoms with van der Waals surface area (Å²) in [6.07, 6.45) is 3.83. The van der Waals surface area contributed by atoms with Gasteiger partial charge in [-0.2, -0.15) is 0 Å². The Bertz CT molecular complexity index is 357. The van der Waals surface area contributed by atoms with Crippen molar-refractivity contribution in [2.75, 3.05) is 6.54 Å². The van der Waals surface area contributed by atoms with Gasteiger partial charge in [0, 0.05) is 18.0 Å². The third-order valence-corrected chi connectivity index (χ3v) is 3.59. The second-order valence-corrected chi connectivity index (χ2v) is 4.62. The van der Waals surface area contributed by atoms with Crippen LogP contribution in [0.4, 0.5) is 0 Å². The topological polar surface area (TPSA) is 32.3 Å². The van der Waals surface area contributed by atoms with Gasteiger partial charge >= 0.3 is 0 Å². The van der Waals surface area contributed by atoms with Crippen molar-refractivity contribution in [2.45, 2.75) is 30.7 Å². The second-order valence-electron chi connectivity index (χ2n) is 4.62. The van der Waals surface area contributed by atoms with Crippen molar-refractivity contribution in [2.24, 2.45) is 0 Å². The van der Waals surface area contributed by atoms with E-state index >= 15 is 0 Å². The quantitative estimate of drug-likeness (QED) is 0.708. The van der Waals surface area contributed by atoms with E-state index < -0.39 is 0 Å². The minimum Gasteiger partial charge on any atom is -0.508 e. The lowest BCUT2D eigenvalue weighted by Crippen LogP contribution is -2.22. The molecule has 1 spiro atoms. The molecule has 2 nitrogen and oxygen atoms in total. The molecule has 2 heteroatoms. The standard InChI is InChI=1S/C12H15NO/c14-11-4-2-1-3-10(11)9-7-12(5-6-12)13-8-9/h1-4,9,13-14H,5-8H2. The molecule has 1 atom stereocenters. The van der Waals surface area contributed by atoms with Crippen LogP contribution in [0.5, 0.6) is 5.75 Å². The summed E-state index contributed by atoms with van der Waals surface area (Å²) in [5.41, 5.74) is 1.57. The van der Waals surface area contributed by atoms with E-state index in [0.29, 0.717) is 17.2 Å². The third kappa shape index (κ3) is 1.22. The molecular weight excluding hydrogens is 174 g/mol. The second kappa shape index (κ2) is 2.74. The molecule has 0 aromatic heterocycles. The molecule has 1 aromatic rings. The van der Waals surface area contributed by atoms with Crippen LogP contribution in [0, 0.1) is 0 Å². The van der Waals surface area contributed by atoms with Crippen LogP contribution in [0.2, 0.25) is 0 Å². The van der Waals surface area contributed by atoms with E-state index in [0.717, 1.165) is 12.1 Å². The minimum atomic E-state index is 0.451. The summed E-state index contributed by atoms with van der Waals surface area (Å²) in [6, 6.07) is 7.72. The molecule has 2 N–H and O–H groups in total. The van der Waals surface area contributed by atoms with Gasteiger partial charge in [0.15, 0.2) is 0 Å². The number of hydrogen-bond acceptors (Lipinski definition) is 2. The van der Waals surface area contributed by atoms with Crippen LogP contribution in [-0.2, 0) is 0 Å². The van der Waals surface area contributed by atoms with Gasteiger partial charge in [0.05, 0.1) is 0 Å². The van der Waals surface area contributed by atoms with E-state index in [1.807, 2.05) is 18.2 Å². The highest BCUT2D eigenvalue weighted by atomic mass is 16.3. The average molecular weight is 189 g/mol. The maximum absolute atomic E-state index is 9.73. The van der Waals surface area contributed by atoms with E-state index in [1.54, 1.807) is 6.07 Å². The molecule has 0 bridgehead atoms. The number of nitrogens with one attached hydrogen (secondary N) is 1. The van der Waals surface area contributed by atoms with Crippen molar-refractivity contribution >= 4 is 0 Å². The van der Waals surface area contributed by atoms with Gasteiger partial charge in [-0.15, -0.1) is 0 Å². The normalized spacial score (nSPS) is 28.1. The summed E-state index contributed by atoms with van der Waals surface area (Å²) < 4.78 is 0. The largest absolute Gasteiger partial charge is 0.508 e. The minimum absolute atomic E-state index is 0.451. The van der Waals surface area contributed by atoms with Crippen molar-refractivity contribution in [3.63, 3.8) is 0 Å². The van der Waals surface area contributed by atoms with Crippen LogP contribution < -0.4 is 5.32 Å². The lowest BCUT2D eigenvalue weighted by atomic mass is 9.95. The van der Waals surface area contributed by atoms with Gasteiger partial charge < -0.3 is 10.4 Å². The highest BCUT2D eigenvalue weighted by Crippen LogP contribution is 2.48. The molecule has 0 radical (unpaired) electrons. The lowest BCUT2D eigenvalue weighted by Gasteiger charge is -2.10. The number of hydrogen-bond donors (Lipinski definition) is 2. The first-order valence-electron chi connectivity index (χ1n) is 5.32. The summed E-state index contributed by atoms with van der Waals surface area (Å²) >= 11 is 0. The molecule has 14 heavy (non-hydrogen) atoms. The van der Waals surface area contributed by atoms with Crippen LogP contribution in [0.1, 0.15) is 30.7 Å². The Labute approximate surface area is 84.0 Å². The van der Waals surface area contributed by atoms with E-state index in [2.05, 4.69) is 5.32 Å². The molecule has 2 aliphatic rings. The Morgan fingerprint density at radius 3 is 2.71 bits per heavy atom. The van der Waals surface area contributed by atoms with E-state index in [9.17, 15) is 5.11 Å². The van der Waals surface area contributed by atoms with Crippen LogP contribution in [0.3, 0.4) is 0 Å². The van der Waals surface area contributed by atoms with Crippen molar-refractivity contribution in [1.29, 1.82) is 0 Å². The van der Waals surface area contributed by atoms with Gasteiger partial charge in [-0.3, -0.25) is 0 Å². The van der Waals surface area contributed by atoms with E-state index in [1.165, 1.54) is 19.3 Å². The molecule has 0 amide bonds. The van der Waals surface area contributed by atoms with Gasteiger partial charge in [0.25, 0.3) is 0 Å². The number of para-hydroxylation sites is 1. The maximum atomic E-state index is 9.73. The Morgan fingerprint density at radius 2 is 2.07 bits per heavy atom. The number of rotatable bonds is 1. The number of aromatic hydroxyl groups is 1. The first kappa shape index (κ1) is 8.30. The Morgan fingerprint density at radius 1 is 1.29 bits per heavy atom. The molecule has 1 saturated heterocycles. The van der Waals surface area contributed by atoms with Crippen LogP contribution in [0.15, 0.2) is 24.3 Å². The Kier molecular flexibility index (Phi) is 1.62. The van der Waals surface area contributed by atoms with E-state index in [-0.39, 0.29) is 0 Å². The summed E-state index contributed by atoms with van der Waals surface area (Å²) in [7, 11) is 0. The van der Waals surface area contributed by atoms with E-state index in [4.69, 9.17) is 0 Å². The first-order chi connectivity index (χ1) is 6.79. The maximum Gasteiger partial charge on any atom is 0.119 e. The average Bonchev–Trinajstić information content (AvgIpc) is 2.79. The fourth-order valence-corrected chi connectivity index (χ4v) is 2.54. The Balaban J connectivity index is 1.86. The molecule has 1 heterocycles. The molecule has 2 fully saturated rings. The number of phenolic OH excluding ortho intramolecular Hbond substituents is 1. The highest BCUT2D eigenvalue weighted by molar-refractivity contribution is 5.37. The zero-order valence-electron chi connectivity index (χ0n) is 8.16. The fraction of sp³-hybridized carbons (Fsp3) is 0.500. The predicted molar refractivity (Wildman–Crippen MR) is 55.4 cm³/mol. The molecule has 3 rings (SSSR count). The first-order valence-corrected chi connectivity index (χ1v) is 5.32. The zero-order chi connectivity index (χ0) is 9.60. The third-order valence-electron chi connectivity index (χ3n) is 3.59. The van der Waals surface area contributed by atoms with Crippen molar-refractivity contribution < 1.29 is 5.11 Å². The van der Waals surface area contributed by atoms with Gasteiger partial charge in [0.2, 0.25) is 0 Å². The Hall–Kier alpha value is -1.02. The summed E-state index contributed by atoms with van der Waals surface area (Å²) in [5, 5.41) is 13.3. The van der Waals surface area contributed by atoms with Gasteiger partial charge in [-0.1, -0.05) is 18.2 Å². The zero-order valence-corrected chi connectivity index (χ0v) is 8.16. The molecule has 1 aliphatic carbocycles. The SMILES string of the molecule is Oc1ccccc1C1CNC2(CC2)C1. The number of benzene rings is 1. The number of phenols is 1. The molecule has 1 unspecified atom stereocenters. The van der Waals surface area contributed by atoms with Crippen molar-refractivity contribution in [3.05, 3.63) is 29.8 Å². The van der Waals surface area contributed by atoms with Crippen LogP contribution in [0.25, 0.3) is 0 Å². The molecule has 1 saturated carbocycles. The molecular formula is C12H15NO. The molecule has 1 aromatic carbocycles. The van der Waals surface area contributed by atoms with Gasteiger partial charge in [0.1, 0.15) is 5.75 Å². The lowest BCUT2D eigenvalue weighted by molar-refractivity contribution is 0.462. The van der Waals surface area contributed by atoms with Crippen LogP contribution in [-0.4, -0.2) is 17.2 Å². The summed E-state index contributed by atoms with van der Waals surface area (Å²) in [6.45, 7) is 1.03. The fourth-order valence-electron chi connectivity index (χ4n) is 2.54. The summed E-state index contributed by atoms with van der Waals surface area (Å²) in [5.74, 6) is 0.968. The van der Waals surface area contributed by atoms with Gasteiger partial charge in [-0.05, 0) is 30.9 Å². The summed E-state index contributed by atoms with van der Waals surface area (Å²) in [4.78, 5) is 0. The smallest absolute Gasteiger partial charge is 0.119 e. The van der Waals surface area contributed by atoms with Gasteiger partial charge in [-0.25, -0.2) is 0 Å². The molecule has 1 aliphatic heterocycles. The van der Waals surface area contributed by atoms with Crippen molar-refractivity contribution in [3.8, 4) is 5.75 Å². The predicted octanol–water partition coefficient (Wildman–Crippen LogP) is 2.00. The molecule has 74 valence electrons. The monoisotopic (exact) mass is 189 g/mol. The van der Waals surface area contributed by atoms with Crippen molar-refractivity contribution in [1.82, 2.24) is 5.32 Å². The highest BCUT2D eigenvalue weighted by Gasteiger charge is 2.48. The van der Waals surface area contributed by atoms with Crippen LogP contribution >= 0.6 is 0 Å².